The third-order valence-corrected chi connectivity index (χ3v) is 7.00. The smallest absolute Gasteiger partial charge is 0.269 e. The number of hydrogen-bond acceptors (Lipinski definition) is 5. The molecule has 2 N–H and O–H groups in total. The lowest BCUT2D eigenvalue weighted by Crippen LogP contribution is -2.27. The first kappa shape index (κ1) is 25.3. The number of halogens is 1. The average Bonchev–Trinajstić information content (AvgIpc) is 3.22. The molecule has 0 radical (unpaired) electrons. The third kappa shape index (κ3) is 6.05. The van der Waals surface area contributed by atoms with Gasteiger partial charge < -0.3 is 15.2 Å². The summed E-state index contributed by atoms with van der Waals surface area (Å²) in [5.74, 6) is -0.202. The molecular formula is C26H23ClN4O4S. The Hall–Kier alpha value is -3.82. The molecule has 0 aliphatic rings. The molecule has 1 heterocycles. The highest BCUT2D eigenvalue weighted by Crippen LogP contribution is 2.30. The number of benzene rings is 3. The fourth-order valence-electron chi connectivity index (χ4n) is 3.65. The second-order valence-electron chi connectivity index (χ2n) is 8.06. The zero-order valence-corrected chi connectivity index (χ0v) is 20.9. The fourth-order valence-corrected chi connectivity index (χ4v) is 4.72. The van der Waals surface area contributed by atoms with Crippen molar-refractivity contribution >= 4 is 57.5 Å². The zero-order chi connectivity index (χ0) is 25.7. The van der Waals surface area contributed by atoms with E-state index in [4.69, 9.17) is 11.6 Å². The van der Waals surface area contributed by atoms with Crippen LogP contribution in [-0.4, -0.2) is 33.6 Å². The van der Waals surface area contributed by atoms with Gasteiger partial charge in [-0.05, 0) is 42.8 Å². The van der Waals surface area contributed by atoms with Crippen LogP contribution >= 0.6 is 23.4 Å². The van der Waals surface area contributed by atoms with Crippen LogP contribution in [0.15, 0.2) is 77.8 Å². The van der Waals surface area contributed by atoms with Crippen molar-refractivity contribution in [2.75, 3.05) is 17.6 Å². The third-order valence-electron chi connectivity index (χ3n) is 5.54. The molecular weight excluding hydrogens is 500 g/mol. The van der Waals surface area contributed by atoms with E-state index in [1.165, 1.54) is 36.0 Å². The van der Waals surface area contributed by atoms with Gasteiger partial charge >= 0.3 is 0 Å². The Bertz CT molecular complexity index is 1440. The Labute approximate surface area is 216 Å². The molecule has 2 amide bonds. The number of amides is 2. The van der Waals surface area contributed by atoms with E-state index < -0.39 is 4.92 Å². The van der Waals surface area contributed by atoms with Gasteiger partial charge in [0.05, 0.1) is 10.7 Å². The minimum absolute atomic E-state index is 0.0632. The van der Waals surface area contributed by atoms with Gasteiger partial charge in [0.15, 0.2) is 0 Å². The first-order chi connectivity index (χ1) is 17.3. The Balaban J connectivity index is 1.37. The number of nitro groups is 1. The Morgan fingerprint density at radius 2 is 1.83 bits per heavy atom. The van der Waals surface area contributed by atoms with Gasteiger partial charge in [0.2, 0.25) is 5.91 Å². The molecule has 0 saturated carbocycles. The second-order valence-corrected chi connectivity index (χ2v) is 9.49. The van der Waals surface area contributed by atoms with Crippen molar-refractivity contribution in [1.29, 1.82) is 0 Å². The summed E-state index contributed by atoms with van der Waals surface area (Å²) in [6.45, 7) is 2.79. The summed E-state index contributed by atoms with van der Waals surface area (Å²) in [6.07, 6.45) is 1.98. The summed E-state index contributed by atoms with van der Waals surface area (Å²) in [5.41, 5.74) is 2.89. The van der Waals surface area contributed by atoms with E-state index in [0.29, 0.717) is 29.4 Å². The van der Waals surface area contributed by atoms with Crippen LogP contribution in [0.2, 0.25) is 5.02 Å². The maximum absolute atomic E-state index is 12.5. The number of para-hydroxylation sites is 1. The summed E-state index contributed by atoms with van der Waals surface area (Å²) in [5, 5.41) is 18.1. The van der Waals surface area contributed by atoms with Crippen LogP contribution in [0.25, 0.3) is 10.9 Å². The van der Waals surface area contributed by atoms with Crippen LogP contribution in [0.3, 0.4) is 0 Å². The van der Waals surface area contributed by atoms with Gasteiger partial charge in [0, 0.05) is 63.5 Å². The van der Waals surface area contributed by atoms with Crippen molar-refractivity contribution in [3.63, 3.8) is 0 Å². The van der Waals surface area contributed by atoms with Crippen molar-refractivity contribution in [2.45, 2.75) is 18.4 Å². The number of nitrogens with zero attached hydrogens (tertiary/aromatic N) is 2. The minimum Gasteiger partial charge on any atom is -0.350 e. The molecule has 8 nitrogen and oxygen atoms in total. The molecule has 4 rings (SSSR count). The largest absolute Gasteiger partial charge is 0.350 e. The van der Waals surface area contributed by atoms with Gasteiger partial charge in [-0.25, -0.2) is 0 Å². The highest BCUT2D eigenvalue weighted by molar-refractivity contribution is 8.00. The van der Waals surface area contributed by atoms with Crippen molar-refractivity contribution in [2.24, 2.45) is 0 Å². The number of aryl methyl sites for hydroxylation is 1. The van der Waals surface area contributed by atoms with Gasteiger partial charge in [0.25, 0.3) is 11.6 Å². The molecule has 4 aromatic rings. The lowest BCUT2D eigenvalue weighted by atomic mass is 10.2. The van der Waals surface area contributed by atoms with E-state index in [1.807, 2.05) is 54.1 Å². The predicted octanol–water partition coefficient (Wildman–Crippen LogP) is 5.67. The van der Waals surface area contributed by atoms with E-state index in [-0.39, 0.29) is 23.3 Å². The summed E-state index contributed by atoms with van der Waals surface area (Å²) in [6, 6.07) is 18.8. The molecule has 3 aromatic carbocycles. The van der Waals surface area contributed by atoms with E-state index >= 15 is 0 Å². The molecule has 0 unspecified atom stereocenters. The van der Waals surface area contributed by atoms with Crippen molar-refractivity contribution < 1.29 is 14.5 Å². The average molecular weight is 523 g/mol. The molecule has 36 heavy (non-hydrogen) atoms. The van der Waals surface area contributed by atoms with E-state index in [9.17, 15) is 19.7 Å². The molecule has 0 spiro atoms. The molecule has 10 heteroatoms. The number of thioether (sulfide) groups is 1. The first-order valence-corrected chi connectivity index (χ1v) is 12.5. The summed E-state index contributed by atoms with van der Waals surface area (Å²) in [4.78, 5) is 36.1. The lowest BCUT2D eigenvalue weighted by Gasteiger charge is -2.08. The molecule has 0 aliphatic heterocycles. The molecule has 184 valence electrons. The van der Waals surface area contributed by atoms with Crippen molar-refractivity contribution in [3.05, 3.63) is 99.2 Å². The van der Waals surface area contributed by atoms with Gasteiger partial charge in [0.1, 0.15) is 0 Å². The van der Waals surface area contributed by atoms with Crippen LogP contribution in [0.1, 0.15) is 15.9 Å². The molecule has 1 aromatic heterocycles. The van der Waals surface area contributed by atoms with Crippen molar-refractivity contribution in [1.82, 2.24) is 9.88 Å². The SMILES string of the molecule is Cc1ccc(NC(=O)CSc2cn(CCNC(=O)c3ccc([N+](=O)[O-])cc3)c3ccccc23)cc1Cl. The minimum atomic E-state index is -0.504. The van der Waals surface area contributed by atoms with Gasteiger partial charge in [-0.3, -0.25) is 19.7 Å². The lowest BCUT2D eigenvalue weighted by molar-refractivity contribution is -0.384. The zero-order valence-electron chi connectivity index (χ0n) is 19.4. The number of fused-ring (bicyclic) bond motifs is 1. The molecule has 0 bridgehead atoms. The Kier molecular flexibility index (Phi) is 7.92. The van der Waals surface area contributed by atoms with Crippen LogP contribution in [-0.2, 0) is 11.3 Å². The summed E-state index contributed by atoms with van der Waals surface area (Å²) in [7, 11) is 0. The molecule has 0 saturated heterocycles. The molecule has 0 aliphatic carbocycles. The maximum Gasteiger partial charge on any atom is 0.269 e. The van der Waals surface area contributed by atoms with Crippen LogP contribution in [0.4, 0.5) is 11.4 Å². The predicted molar refractivity (Wildman–Crippen MR) is 143 cm³/mol. The molecule has 0 atom stereocenters. The Morgan fingerprint density at radius 1 is 1.08 bits per heavy atom. The van der Waals surface area contributed by atoms with Crippen LogP contribution in [0, 0.1) is 17.0 Å². The number of anilines is 1. The number of hydrogen-bond donors (Lipinski definition) is 2. The quantitative estimate of drug-likeness (QED) is 0.167. The van der Waals surface area contributed by atoms with E-state index in [2.05, 4.69) is 10.6 Å². The van der Waals surface area contributed by atoms with Gasteiger partial charge in [-0.15, -0.1) is 11.8 Å². The number of carbonyl (C=O) groups excluding carboxylic acids is 2. The van der Waals surface area contributed by atoms with Gasteiger partial charge in [-0.2, -0.15) is 0 Å². The normalized spacial score (nSPS) is 10.8. The van der Waals surface area contributed by atoms with Gasteiger partial charge in [-0.1, -0.05) is 35.9 Å². The van der Waals surface area contributed by atoms with E-state index in [1.54, 1.807) is 6.07 Å². The number of nitrogens with one attached hydrogen (secondary N) is 2. The topological polar surface area (TPSA) is 106 Å². The van der Waals surface area contributed by atoms with Crippen LogP contribution < -0.4 is 10.6 Å². The van der Waals surface area contributed by atoms with Crippen LogP contribution in [0.5, 0.6) is 0 Å². The Morgan fingerprint density at radius 3 is 2.56 bits per heavy atom. The maximum atomic E-state index is 12.5. The summed E-state index contributed by atoms with van der Waals surface area (Å²) < 4.78 is 2.03. The number of nitro benzene ring substituents is 1. The highest BCUT2D eigenvalue weighted by atomic mass is 35.5. The summed E-state index contributed by atoms with van der Waals surface area (Å²) >= 11 is 7.58. The molecule has 0 fully saturated rings. The van der Waals surface area contributed by atoms with E-state index in [0.717, 1.165) is 21.4 Å². The number of aromatic nitrogens is 1. The van der Waals surface area contributed by atoms with Crippen molar-refractivity contribution in [3.8, 4) is 0 Å². The second kappa shape index (κ2) is 11.3. The number of rotatable bonds is 9. The first-order valence-electron chi connectivity index (χ1n) is 11.1. The highest BCUT2D eigenvalue weighted by Gasteiger charge is 2.13. The number of carbonyl (C=O) groups is 2. The standard InChI is InChI=1S/C26H23ClN4O4S/c1-17-6-9-19(14-22(17)27)29-25(32)16-36-24-15-30(23-5-3-2-4-21(23)24)13-12-28-26(33)18-7-10-20(11-8-18)31(34)35/h2-11,14-15H,12-13,16H2,1H3,(H,28,33)(H,29,32). The number of non-ortho nitro benzene ring substituents is 1. The fraction of sp³-hybridized carbons (Fsp3) is 0.154. The monoisotopic (exact) mass is 522 g/mol.